The Balaban J connectivity index is 1.38. The number of likely N-dealkylation sites (tertiary alicyclic amines) is 3. The summed E-state index contributed by atoms with van der Waals surface area (Å²) < 4.78 is 28.4. The maximum absolute atomic E-state index is 13.4. The lowest BCUT2D eigenvalue weighted by molar-refractivity contribution is -0.138. The Labute approximate surface area is 187 Å². The van der Waals surface area contributed by atoms with Gasteiger partial charge < -0.3 is 9.80 Å². The third-order valence-electron chi connectivity index (χ3n) is 6.86. The number of nitrogens with zero attached hydrogens (tertiary/aromatic N) is 4. The van der Waals surface area contributed by atoms with Crippen molar-refractivity contribution >= 4 is 15.9 Å². The van der Waals surface area contributed by atoms with Crippen LogP contribution in [-0.2, 0) is 14.8 Å². The molecule has 0 saturated carbocycles. The van der Waals surface area contributed by atoms with E-state index in [-0.39, 0.29) is 11.9 Å². The first kappa shape index (κ1) is 22.7. The predicted octanol–water partition coefficient (Wildman–Crippen LogP) is 1.86. The molecule has 1 aromatic carbocycles. The van der Waals surface area contributed by atoms with Crippen LogP contribution in [0.25, 0.3) is 0 Å². The van der Waals surface area contributed by atoms with Gasteiger partial charge in [0.15, 0.2) is 0 Å². The van der Waals surface area contributed by atoms with Gasteiger partial charge in [-0.15, -0.1) is 0 Å². The number of hydrogen-bond donors (Lipinski definition) is 0. The van der Waals surface area contributed by atoms with Crippen LogP contribution in [0.2, 0.25) is 0 Å². The average Bonchev–Trinajstić information content (AvgIpc) is 3.13. The summed E-state index contributed by atoms with van der Waals surface area (Å²) >= 11 is 0. The molecule has 0 unspecified atom stereocenters. The number of rotatable bonds is 8. The van der Waals surface area contributed by atoms with Gasteiger partial charge in [-0.2, -0.15) is 4.31 Å². The van der Waals surface area contributed by atoms with Crippen LogP contribution < -0.4 is 0 Å². The highest BCUT2D eigenvalue weighted by molar-refractivity contribution is 7.89. The fraction of sp³-hybridized carbons (Fsp3) is 0.696. The molecule has 0 spiro atoms. The van der Waals surface area contributed by atoms with E-state index in [0.717, 1.165) is 45.6 Å². The Kier molecular flexibility index (Phi) is 7.63. The molecule has 4 rings (SSSR count). The third-order valence-corrected chi connectivity index (χ3v) is 8.83. The van der Waals surface area contributed by atoms with Crippen molar-refractivity contribution in [2.24, 2.45) is 0 Å². The zero-order chi connectivity index (χ0) is 21.7. The van der Waals surface area contributed by atoms with Crippen molar-refractivity contribution in [1.29, 1.82) is 0 Å². The van der Waals surface area contributed by atoms with Gasteiger partial charge >= 0.3 is 0 Å². The van der Waals surface area contributed by atoms with Crippen molar-refractivity contribution in [1.82, 2.24) is 19.0 Å². The van der Waals surface area contributed by atoms with E-state index in [0.29, 0.717) is 31.1 Å². The molecule has 3 aliphatic rings. The van der Waals surface area contributed by atoms with Crippen LogP contribution in [-0.4, -0.2) is 98.3 Å². The number of carbonyl (C=O) groups excluding carboxylic acids is 1. The second-order valence-electron chi connectivity index (χ2n) is 9.12. The van der Waals surface area contributed by atoms with Crippen molar-refractivity contribution in [3.63, 3.8) is 0 Å². The predicted molar refractivity (Wildman–Crippen MR) is 121 cm³/mol. The molecule has 0 aliphatic carbocycles. The molecule has 0 aromatic heterocycles. The standard InChI is InChI=1S/C23H36N4O3S/c28-23(20-25-14-6-1-2-7-15-25)26-18-21(19-26)27(17-16-24-12-8-9-13-24)31(29,30)22-10-4-3-5-11-22/h3-5,10-11,21H,1-2,6-9,12-20H2. The lowest BCUT2D eigenvalue weighted by atomic mass is 10.1. The van der Waals surface area contributed by atoms with E-state index in [1.807, 2.05) is 11.0 Å². The number of benzene rings is 1. The molecular formula is C23H36N4O3S. The Morgan fingerprint density at radius 2 is 1.45 bits per heavy atom. The summed E-state index contributed by atoms with van der Waals surface area (Å²) in [7, 11) is -3.58. The molecule has 1 aromatic rings. The molecule has 3 aliphatic heterocycles. The minimum absolute atomic E-state index is 0.134. The first-order valence-electron chi connectivity index (χ1n) is 11.8. The lowest BCUT2D eigenvalue weighted by Gasteiger charge is -2.45. The molecule has 0 bridgehead atoms. The van der Waals surface area contributed by atoms with Crippen molar-refractivity contribution in [2.75, 3.05) is 58.9 Å². The summed E-state index contributed by atoms with van der Waals surface area (Å²) in [5.74, 6) is 0.134. The van der Waals surface area contributed by atoms with E-state index in [4.69, 9.17) is 0 Å². The minimum atomic E-state index is -3.58. The quantitative estimate of drug-likeness (QED) is 0.607. The summed E-state index contributed by atoms with van der Waals surface area (Å²) in [5, 5.41) is 0. The highest BCUT2D eigenvalue weighted by Crippen LogP contribution is 2.24. The molecular weight excluding hydrogens is 412 g/mol. The molecule has 7 nitrogen and oxygen atoms in total. The fourth-order valence-corrected chi connectivity index (χ4v) is 6.52. The Morgan fingerprint density at radius 3 is 2.10 bits per heavy atom. The molecule has 0 radical (unpaired) electrons. The van der Waals surface area contributed by atoms with Crippen molar-refractivity contribution < 1.29 is 13.2 Å². The number of hydrogen-bond acceptors (Lipinski definition) is 5. The largest absolute Gasteiger partial charge is 0.338 e. The SMILES string of the molecule is O=C(CN1CCCCCC1)N1CC(N(CCN2CCCC2)S(=O)(=O)c2ccccc2)C1. The topological polar surface area (TPSA) is 64.2 Å². The molecule has 3 saturated heterocycles. The van der Waals surface area contributed by atoms with E-state index in [1.54, 1.807) is 28.6 Å². The van der Waals surface area contributed by atoms with Crippen LogP contribution in [0.15, 0.2) is 35.2 Å². The smallest absolute Gasteiger partial charge is 0.243 e. The number of sulfonamides is 1. The molecule has 3 fully saturated rings. The lowest BCUT2D eigenvalue weighted by Crippen LogP contribution is -2.64. The molecule has 0 atom stereocenters. The van der Waals surface area contributed by atoms with Crippen LogP contribution in [0.3, 0.4) is 0 Å². The zero-order valence-electron chi connectivity index (χ0n) is 18.5. The second kappa shape index (κ2) is 10.4. The van der Waals surface area contributed by atoms with Crippen LogP contribution in [0.5, 0.6) is 0 Å². The van der Waals surface area contributed by atoms with Crippen LogP contribution in [0, 0.1) is 0 Å². The highest BCUT2D eigenvalue weighted by Gasteiger charge is 2.41. The van der Waals surface area contributed by atoms with E-state index in [2.05, 4.69) is 9.80 Å². The van der Waals surface area contributed by atoms with Crippen molar-refractivity contribution in [3.05, 3.63) is 30.3 Å². The molecule has 172 valence electrons. The fourth-order valence-electron chi connectivity index (χ4n) is 4.90. The zero-order valence-corrected chi connectivity index (χ0v) is 19.3. The first-order chi connectivity index (χ1) is 15.0. The second-order valence-corrected chi connectivity index (χ2v) is 11.0. The summed E-state index contributed by atoms with van der Waals surface area (Å²) in [4.78, 5) is 19.5. The number of carbonyl (C=O) groups is 1. The van der Waals surface area contributed by atoms with Crippen molar-refractivity contribution in [3.8, 4) is 0 Å². The van der Waals surface area contributed by atoms with Gasteiger partial charge in [0.25, 0.3) is 0 Å². The monoisotopic (exact) mass is 448 g/mol. The Hall–Kier alpha value is -1.48. The van der Waals surface area contributed by atoms with Gasteiger partial charge in [-0.05, 0) is 64.0 Å². The van der Waals surface area contributed by atoms with Gasteiger partial charge in [0, 0.05) is 26.2 Å². The van der Waals surface area contributed by atoms with Gasteiger partial charge in [0.2, 0.25) is 15.9 Å². The molecule has 31 heavy (non-hydrogen) atoms. The maximum atomic E-state index is 13.4. The van der Waals surface area contributed by atoms with E-state index >= 15 is 0 Å². The minimum Gasteiger partial charge on any atom is -0.338 e. The van der Waals surface area contributed by atoms with Gasteiger partial charge in [-0.3, -0.25) is 9.69 Å². The normalized spacial score (nSPS) is 21.9. The van der Waals surface area contributed by atoms with Crippen LogP contribution in [0.4, 0.5) is 0 Å². The third kappa shape index (κ3) is 5.66. The molecule has 8 heteroatoms. The first-order valence-corrected chi connectivity index (χ1v) is 13.3. The van der Waals surface area contributed by atoms with E-state index < -0.39 is 10.0 Å². The average molecular weight is 449 g/mol. The summed E-state index contributed by atoms with van der Waals surface area (Å²) in [6.07, 6.45) is 7.20. The maximum Gasteiger partial charge on any atom is 0.243 e. The molecule has 1 amide bonds. The Bertz CT molecular complexity index is 812. The number of amides is 1. The van der Waals surface area contributed by atoms with Gasteiger partial charge in [-0.25, -0.2) is 8.42 Å². The molecule has 3 heterocycles. The van der Waals surface area contributed by atoms with E-state index in [1.165, 1.54) is 25.7 Å². The van der Waals surface area contributed by atoms with Gasteiger partial charge in [-0.1, -0.05) is 31.0 Å². The summed E-state index contributed by atoms with van der Waals surface area (Å²) in [6.45, 7) is 6.78. The van der Waals surface area contributed by atoms with Crippen LogP contribution in [0.1, 0.15) is 38.5 Å². The highest BCUT2D eigenvalue weighted by atomic mass is 32.2. The van der Waals surface area contributed by atoms with Crippen LogP contribution >= 0.6 is 0 Å². The summed E-state index contributed by atoms with van der Waals surface area (Å²) in [6, 6.07) is 8.56. The van der Waals surface area contributed by atoms with E-state index in [9.17, 15) is 13.2 Å². The summed E-state index contributed by atoms with van der Waals surface area (Å²) in [5.41, 5.74) is 0. The Morgan fingerprint density at radius 1 is 0.871 bits per heavy atom. The molecule has 0 N–H and O–H groups in total. The van der Waals surface area contributed by atoms with Gasteiger partial charge in [0.05, 0.1) is 17.5 Å². The van der Waals surface area contributed by atoms with Gasteiger partial charge in [0.1, 0.15) is 0 Å². The van der Waals surface area contributed by atoms with Crippen molar-refractivity contribution in [2.45, 2.75) is 49.5 Å².